The molecule has 1 aliphatic rings. The highest BCUT2D eigenvalue weighted by Gasteiger charge is 2.21. The molecule has 1 saturated carbocycles. The second-order valence-corrected chi connectivity index (χ2v) is 7.95. The zero-order valence-electron chi connectivity index (χ0n) is 14.3. The molecule has 5 heteroatoms. The molecule has 0 bridgehead atoms. The SMILES string of the molecule is CC1CCC(Cn2ccc3nc(Cl)nc(-c4cccc(Cl)c4)c32)CC1. The Morgan fingerprint density at radius 2 is 1.88 bits per heavy atom. The van der Waals surface area contributed by atoms with E-state index in [2.05, 4.69) is 27.7 Å². The first-order chi connectivity index (χ1) is 12.1. The molecule has 0 spiro atoms. The van der Waals surface area contributed by atoms with Gasteiger partial charge in [0.2, 0.25) is 5.28 Å². The van der Waals surface area contributed by atoms with Crippen LogP contribution >= 0.6 is 23.2 Å². The van der Waals surface area contributed by atoms with E-state index >= 15 is 0 Å². The molecular weight excluding hydrogens is 353 g/mol. The summed E-state index contributed by atoms with van der Waals surface area (Å²) in [6.07, 6.45) is 7.35. The van der Waals surface area contributed by atoms with Crippen molar-refractivity contribution in [3.8, 4) is 11.3 Å². The molecule has 25 heavy (non-hydrogen) atoms. The fraction of sp³-hybridized carbons (Fsp3) is 0.400. The van der Waals surface area contributed by atoms with E-state index in [0.29, 0.717) is 5.02 Å². The topological polar surface area (TPSA) is 30.7 Å². The Kier molecular flexibility index (Phi) is 4.70. The first-order valence-electron chi connectivity index (χ1n) is 8.88. The molecule has 0 saturated heterocycles. The Morgan fingerprint density at radius 1 is 1.08 bits per heavy atom. The second-order valence-electron chi connectivity index (χ2n) is 7.18. The summed E-state index contributed by atoms with van der Waals surface area (Å²) in [6, 6.07) is 9.79. The molecule has 130 valence electrons. The molecular formula is C20H21Cl2N3. The van der Waals surface area contributed by atoms with E-state index in [1.807, 2.05) is 30.3 Å². The van der Waals surface area contributed by atoms with E-state index in [1.165, 1.54) is 25.7 Å². The van der Waals surface area contributed by atoms with E-state index in [0.717, 1.165) is 40.7 Å². The zero-order valence-corrected chi connectivity index (χ0v) is 15.8. The number of halogens is 2. The highest BCUT2D eigenvalue weighted by Crippen LogP contribution is 2.33. The first kappa shape index (κ1) is 16.9. The van der Waals surface area contributed by atoms with E-state index in [1.54, 1.807) is 0 Å². The lowest BCUT2D eigenvalue weighted by Crippen LogP contribution is -2.17. The summed E-state index contributed by atoms with van der Waals surface area (Å²) in [5, 5.41) is 0.964. The molecule has 0 unspecified atom stereocenters. The summed E-state index contributed by atoms with van der Waals surface area (Å²) in [5.41, 5.74) is 3.76. The maximum atomic E-state index is 6.19. The largest absolute Gasteiger partial charge is 0.344 e. The molecule has 3 aromatic rings. The van der Waals surface area contributed by atoms with E-state index in [4.69, 9.17) is 23.2 Å². The van der Waals surface area contributed by atoms with Gasteiger partial charge in [-0.05, 0) is 54.5 Å². The van der Waals surface area contributed by atoms with Crippen LogP contribution < -0.4 is 0 Å². The van der Waals surface area contributed by atoms with Crippen LogP contribution in [-0.4, -0.2) is 14.5 Å². The van der Waals surface area contributed by atoms with Crippen molar-refractivity contribution in [3.63, 3.8) is 0 Å². The lowest BCUT2D eigenvalue weighted by atomic mass is 9.83. The van der Waals surface area contributed by atoms with Gasteiger partial charge < -0.3 is 4.57 Å². The van der Waals surface area contributed by atoms with E-state index < -0.39 is 0 Å². The van der Waals surface area contributed by atoms with Gasteiger partial charge in [-0.2, -0.15) is 0 Å². The van der Waals surface area contributed by atoms with Crippen molar-refractivity contribution < 1.29 is 0 Å². The van der Waals surface area contributed by atoms with Gasteiger partial charge in [0.15, 0.2) is 0 Å². The minimum atomic E-state index is 0.270. The Morgan fingerprint density at radius 3 is 2.64 bits per heavy atom. The molecule has 3 nitrogen and oxygen atoms in total. The van der Waals surface area contributed by atoms with Crippen molar-refractivity contribution in [1.29, 1.82) is 0 Å². The third-order valence-electron chi connectivity index (χ3n) is 5.27. The molecule has 0 N–H and O–H groups in total. The third kappa shape index (κ3) is 3.54. The van der Waals surface area contributed by atoms with Gasteiger partial charge in [-0.15, -0.1) is 0 Å². The first-order valence-corrected chi connectivity index (χ1v) is 9.64. The van der Waals surface area contributed by atoms with Gasteiger partial charge in [0.1, 0.15) is 0 Å². The van der Waals surface area contributed by atoms with Crippen molar-refractivity contribution in [1.82, 2.24) is 14.5 Å². The number of nitrogens with zero attached hydrogens (tertiary/aromatic N) is 3. The van der Waals surface area contributed by atoms with Crippen molar-refractivity contribution in [2.45, 2.75) is 39.2 Å². The van der Waals surface area contributed by atoms with E-state index in [-0.39, 0.29) is 5.28 Å². The van der Waals surface area contributed by atoms with E-state index in [9.17, 15) is 0 Å². The summed E-state index contributed by atoms with van der Waals surface area (Å²) in [7, 11) is 0. The minimum absolute atomic E-state index is 0.270. The zero-order chi connectivity index (χ0) is 17.4. The number of benzene rings is 1. The molecule has 0 aliphatic heterocycles. The maximum absolute atomic E-state index is 6.19. The molecule has 2 heterocycles. The predicted molar refractivity (Wildman–Crippen MR) is 104 cm³/mol. The normalized spacial score (nSPS) is 20.9. The van der Waals surface area contributed by atoms with Gasteiger partial charge in [-0.3, -0.25) is 0 Å². The molecule has 1 aromatic carbocycles. The standard InChI is InChI=1S/C20H21Cl2N3/c1-13-5-7-14(8-6-13)12-25-10-9-17-19(25)18(24-20(22)23-17)15-3-2-4-16(21)11-15/h2-4,9-11,13-14H,5-8,12H2,1H3. The summed E-state index contributed by atoms with van der Waals surface area (Å²) >= 11 is 12.4. The lowest BCUT2D eigenvalue weighted by Gasteiger charge is -2.26. The fourth-order valence-electron chi connectivity index (χ4n) is 3.86. The van der Waals surface area contributed by atoms with Gasteiger partial charge >= 0.3 is 0 Å². The molecule has 2 aromatic heterocycles. The van der Waals surface area contributed by atoms with Crippen LogP contribution in [0.2, 0.25) is 10.3 Å². The fourth-order valence-corrected chi connectivity index (χ4v) is 4.22. The number of aromatic nitrogens is 3. The van der Waals surface area contributed by atoms with Gasteiger partial charge in [-0.25, -0.2) is 9.97 Å². The van der Waals surface area contributed by atoms with Crippen LogP contribution in [0, 0.1) is 11.8 Å². The van der Waals surface area contributed by atoms with Crippen molar-refractivity contribution in [3.05, 3.63) is 46.8 Å². The average molecular weight is 374 g/mol. The smallest absolute Gasteiger partial charge is 0.223 e. The van der Waals surface area contributed by atoms with Crippen LogP contribution in [0.25, 0.3) is 22.3 Å². The Bertz CT molecular complexity index is 895. The third-order valence-corrected chi connectivity index (χ3v) is 5.68. The lowest BCUT2D eigenvalue weighted by molar-refractivity contribution is 0.267. The van der Waals surface area contributed by atoms with Crippen LogP contribution in [0.4, 0.5) is 0 Å². The number of hydrogen-bond acceptors (Lipinski definition) is 2. The Hall–Kier alpha value is -1.58. The van der Waals surface area contributed by atoms with Crippen LogP contribution in [-0.2, 0) is 6.54 Å². The van der Waals surface area contributed by atoms with Crippen LogP contribution in [0.3, 0.4) is 0 Å². The quantitative estimate of drug-likeness (QED) is 0.509. The Balaban J connectivity index is 1.76. The second kappa shape index (κ2) is 6.97. The molecule has 0 radical (unpaired) electrons. The van der Waals surface area contributed by atoms with Crippen molar-refractivity contribution in [2.24, 2.45) is 11.8 Å². The number of hydrogen-bond donors (Lipinski definition) is 0. The number of fused-ring (bicyclic) bond motifs is 1. The summed E-state index contributed by atoms with van der Waals surface area (Å²) in [4.78, 5) is 8.94. The number of rotatable bonds is 3. The van der Waals surface area contributed by atoms with Crippen molar-refractivity contribution in [2.75, 3.05) is 0 Å². The van der Waals surface area contributed by atoms with Crippen LogP contribution in [0.5, 0.6) is 0 Å². The summed E-state index contributed by atoms with van der Waals surface area (Å²) in [5.74, 6) is 1.58. The van der Waals surface area contributed by atoms with Crippen LogP contribution in [0.1, 0.15) is 32.6 Å². The summed E-state index contributed by atoms with van der Waals surface area (Å²) in [6.45, 7) is 3.36. The monoisotopic (exact) mass is 373 g/mol. The highest BCUT2D eigenvalue weighted by molar-refractivity contribution is 6.31. The van der Waals surface area contributed by atoms with Gasteiger partial charge in [0.05, 0.1) is 16.7 Å². The molecule has 1 fully saturated rings. The van der Waals surface area contributed by atoms with Gasteiger partial charge in [0.25, 0.3) is 0 Å². The Labute approximate surface area is 158 Å². The minimum Gasteiger partial charge on any atom is -0.344 e. The maximum Gasteiger partial charge on any atom is 0.223 e. The average Bonchev–Trinajstić information content (AvgIpc) is 2.99. The van der Waals surface area contributed by atoms with Gasteiger partial charge in [-0.1, -0.05) is 43.5 Å². The van der Waals surface area contributed by atoms with Crippen molar-refractivity contribution >= 4 is 34.2 Å². The van der Waals surface area contributed by atoms with Crippen LogP contribution in [0.15, 0.2) is 36.5 Å². The molecule has 0 atom stereocenters. The summed E-state index contributed by atoms with van der Waals surface area (Å²) < 4.78 is 2.29. The van der Waals surface area contributed by atoms with Gasteiger partial charge in [0, 0.05) is 23.3 Å². The predicted octanol–water partition coefficient (Wildman–Crippen LogP) is 6.23. The molecule has 1 aliphatic carbocycles. The molecule has 4 rings (SSSR count). The molecule has 0 amide bonds. The highest BCUT2D eigenvalue weighted by atomic mass is 35.5.